The van der Waals surface area contributed by atoms with Crippen LogP contribution in [0.5, 0.6) is 0 Å². The van der Waals surface area contributed by atoms with Gasteiger partial charge < -0.3 is 10.1 Å². The molecule has 0 bridgehead atoms. The maximum atomic E-state index is 14.0. The summed E-state index contributed by atoms with van der Waals surface area (Å²) in [6.07, 6.45) is -5.24. The van der Waals surface area contributed by atoms with Gasteiger partial charge in [-0.05, 0) is 30.7 Å². The van der Waals surface area contributed by atoms with Crippen molar-refractivity contribution in [1.82, 2.24) is 10.6 Å². The lowest BCUT2D eigenvalue weighted by molar-refractivity contribution is -0.219. The zero-order valence-corrected chi connectivity index (χ0v) is 14.8. The average Bonchev–Trinajstić information content (AvgIpc) is 2.65. The van der Waals surface area contributed by atoms with Crippen LogP contribution in [-0.4, -0.2) is 30.3 Å². The number of nitrogens with one attached hydrogen (secondary N) is 2. The van der Waals surface area contributed by atoms with Crippen LogP contribution in [0.15, 0.2) is 54.6 Å². The number of alkyl halides is 3. The predicted octanol–water partition coefficient (Wildman–Crippen LogP) is 3.17. The minimum absolute atomic E-state index is 0.334. The fourth-order valence-corrected chi connectivity index (χ4v) is 2.40. The van der Waals surface area contributed by atoms with Crippen LogP contribution in [0, 0.1) is 5.82 Å². The summed E-state index contributed by atoms with van der Waals surface area (Å²) in [6, 6.07) is 12.1. The fraction of sp³-hybridized carbons (Fsp3) is 0.263. The predicted molar refractivity (Wildman–Crippen MR) is 92.6 cm³/mol. The second-order valence-electron chi connectivity index (χ2n) is 5.77. The first-order valence-electron chi connectivity index (χ1n) is 8.30. The summed E-state index contributed by atoms with van der Waals surface area (Å²) in [4.78, 5) is 24.6. The van der Waals surface area contributed by atoms with E-state index < -0.39 is 29.5 Å². The lowest BCUT2D eigenvalue weighted by Crippen LogP contribution is -2.72. The summed E-state index contributed by atoms with van der Waals surface area (Å²) in [6.45, 7) is 0.618. The van der Waals surface area contributed by atoms with Gasteiger partial charge in [-0.3, -0.25) is 10.1 Å². The first-order chi connectivity index (χ1) is 13.2. The van der Waals surface area contributed by atoms with Gasteiger partial charge in [-0.25, -0.2) is 9.18 Å². The third-order valence-electron chi connectivity index (χ3n) is 3.80. The number of hydrogen-bond acceptors (Lipinski definition) is 4. The van der Waals surface area contributed by atoms with E-state index in [0.717, 1.165) is 18.2 Å². The Morgan fingerprint density at radius 2 is 1.71 bits per heavy atom. The van der Waals surface area contributed by atoms with E-state index in [9.17, 15) is 27.2 Å². The van der Waals surface area contributed by atoms with E-state index in [0.29, 0.717) is 5.56 Å². The summed E-state index contributed by atoms with van der Waals surface area (Å²) < 4.78 is 59.8. The van der Waals surface area contributed by atoms with Gasteiger partial charge >= 0.3 is 12.1 Å². The Morgan fingerprint density at radius 1 is 1.04 bits per heavy atom. The van der Waals surface area contributed by atoms with Crippen LogP contribution in [0.25, 0.3) is 0 Å². The lowest BCUT2D eigenvalue weighted by atomic mass is 10.1. The Kier molecular flexibility index (Phi) is 6.74. The molecule has 28 heavy (non-hydrogen) atoms. The zero-order chi connectivity index (χ0) is 20.8. The average molecular weight is 398 g/mol. The highest BCUT2D eigenvalue weighted by molar-refractivity contribution is 5.98. The van der Waals surface area contributed by atoms with Crippen molar-refractivity contribution in [2.45, 2.75) is 25.3 Å². The molecule has 0 saturated heterocycles. The molecule has 9 heteroatoms. The van der Waals surface area contributed by atoms with E-state index in [4.69, 9.17) is 0 Å². The molecule has 150 valence electrons. The van der Waals surface area contributed by atoms with Crippen molar-refractivity contribution in [3.05, 3.63) is 71.5 Å². The molecule has 2 aromatic rings. The maximum absolute atomic E-state index is 14.0. The normalized spacial score (nSPS) is 13.5. The topological polar surface area (TPSA) is 67.4 Å². The summed E-state index contributed by atoms with van der Waals surface area (Å²) in [5.74, 6) is -3.81. The Bertz CT molecular complexity index is 827. The molecule has 1 atom stereocenters. The van der Waals surface area contributed by atoms with Gasteiger partial charge in [0.2, 0.25) is 0 Å². The molecule has 0 fully saturated rings. The van der Waals surface area contributed by atoms with Crippen LogP contribution >= 0.6 is 0 Å². The SMILES string of the molecule is CCOC(=O)C(NCc1ccccc1)(NC(=O)c1cccc(F)c1)C(F)(F)F. The summed E-state index contributed by atoms with van der Waals surface area (Å²) >= 11 is 0. The van der Waals surface area contributed by atoms with Crippen LogP contribution in [-0.2, 0) is 16.1 Å². The van der Waals surface area contributed by atoms with Crippen molar-refractivity contribution in [2.75, 3.05) is 6.61 Å². The minimum atomic E-state index is -5.24. The van der Waals surface area contributed by atoms with E-state index >= 15 is 0 Å². The molecule has 2 rings (SSSR count). The van der Waals surface area contributed by atoms with Gasteiger partial charge in [0.25, 0.3) is 11.6 Å². The number of esters is 1. The molecule has 0 aromatic heterocycles. The van der Waals surface area contributed by atoms with Gasteiger partial charge in [0.1, 0.15) is 5.82 Å². The number of halogens is 4. The van der Waals surface area contributed by atoms with Crippen molar-refractivity contribution in [2.24, 2.45) is 0 Å². The summed E-state index contributed by atoms with van der Waals surface area (Å²) in [7, 11) is 0. The smallest absolute Gasteiger partial charge is 0.436 e. The molecule has 5 nitrogen and oxygen atoms in total. The largest absolute Gasteiger partial charge is 0.463 e. The van der Waals surface area contributed by atoms with E-state index in [1.807, 2.05) is 0 Å². The first-order valence-corrected chi connectivity index (χ1v) is 8.30. The number of amides is 1. The molecular weight excluding hydrogens is 380 g/mol. The zero-order valence-electron chi connectivity index (χ0n) is 14.8. The van der Waals surface area contributed by atoms with E-state index in [1.165, 1.54) is 13.0 Å². The Balaban J connectivity index is 2.40. The Hall–Kier alpha value is -2.94. The highest BCUT2D eigenvalue weighted by Crippen LogP contribution is 2.30. The number of rotatable bonds is 7. The molecule has 1 amide bonds. The lowest BCUT2D eigenvalue weighted by Gasteiger charge is -2.34. The third-order valence-corrected chi connectivity index (χ3v) is 3.80. The number of carbonyl (C=O) groups is 2. The molecule has 2 N–H and O–H groups in total. The van der Waals surface area contributed by atoms with Gasteiger partial charge in [-0.1, -0.05) is 36.4 Å². The highest BCUT2D eigenvalue weighted by atomic mass is 19.4. The fourth-order valence-electron chi connectivity index (χ4n) is 2.40. The number of hydrogen-bond donors (Lipinski definition) is 2. The monoisotopic (exact) mass is 398 g/mol. The maximum Gasteiger partial charge on any atom is 0.436 e. The standard InChI is InChI=1S/C19H18F4N2O3/c1-2-28-17(27)18(19(21,22)23,24-12-13-7-4-3-5-8-13)25-16(26)14-9-6-10-15(20)11-14/h3-11,24H,2,12H2,1H3,(H,25,26). The minimum Gasteiger partial charge on any atom is -0.463 e. The molecule has 1 unspecified atom stereocenters. The van der Waals surface area contributed by atoms with Gasteiger partial charge in [0.15, 0.2) is 0 Å². The molecule has 0 saturated carbocycles. The van der Waals surface area contributed by atoms with E-state index in [1.54, 1.807) is 35.6 Å². The van der Waals surface area contributed by atoms with Crippen molar-refractivity contribution in [3.63, 3.8) is 0 Å². The van der Waals surface area contributed by atoms with Crippen LogP contribution < -0.4 is 10.6 Å². The Morgan fingerprint density at radius 3 is 2.29 bits per heavy atom. The molecule has 0 aliphatic heterocycles. The molecule has 0 heterocycles. The van der Waals surface area contributed by atoms with Gasteiger partial charge in [-0.15, -0.1) is 0 Å². The first kappa shape index (κ1) is 21.4. The van der Waals surface area contributed by atoms with Gasteiger partial charge in [-0.2, -0.15) is 13.2 Å². The second-order valence-corrected chi connectivity index (χ2v) is 5.77. The van der Waals surface area contributed by atoms with Gasteiger partial charge in [0, 0.05) is 12.1 Å². The molecule has 2 aromatic carbocycles. The van der Waals surface area contributed by atoms with Crippen LogP contribution in [0.3, 0.4) is 0 Å². The van der Waals surface area contributed by atoms with Crippen molar-refractivity contribution < 1.29 is 31.9 Å². The highest BCUT2D eigenvalue weighted by Gasteiger charge is 2.63. The molecular formula is C19H18F4N2O3. The second kappa shape index (κ2) is 8.83. The Labute approximate surface area is 158 Å². The van der Waals surface area contributed by atoms with E-state index in [-0.39, 0.29) is 18.7 Å². The summed E-state index contributed by atoms with van der Waals surface area (Å²) in [5.41, 5.74) is -3.44. The number of benzene rings is 2. The molecule has 0 aliphatic rings. The van der Waals surface area contributed by atoms with Crippen molar-refractivity contribution in [1.29, 1.82) is 0 Å². The molecule has 0 aliphatic carbocycles. The number of carbonyl (C=O) groups excluding carboxylic acids is 2. The van der Waals surface area contributed by atoms with Gasteiger partial charge in [0.05, 0.1) is 6.61 Å². The number of ether oxygens (including phenoxy) is 1. The summed E-state index contributed by atoms with van der Waals surface area (Å²) in [5, 5.41) is 3.72. The van der Waals surface area contributed by atoms with Crippen molar-refractivity contribution >= 4 is 11.9 Å². The van der Waals surface area contributed by atoms with Crippen LogP contribution in [0.1, 0.15) is 22.8 Å². The third kappa shape index (κ3) is 4.86. The quantitative estimate of drug-likeness (QED) is 0.427. The molecule has 0 radical (unpaired) electrons. The van der Waals surface area contributed by atoms with Crippen LogP contribution in [0.2, 0.25) is 0 Å². The van der Waals surface area contributed by atoms with Crippen molar-refractivity contribution in [3.8, 4) is 0 Å². The molecule has 0 spiro atoms. The van der Waals surface area contributed by atoms with E-state index in [2.05, 4.69) is 10.1 Å². The van der Waals surface area contributed by atoms with Crippen LogP contribution in [0.4, 0.5) is 17.6 Å².